The number of aromatic nitrogens is 3. The molecule has 0 bridgehead atoms. The van der Waals surface area contributed by atoms with Gasteiger partial charge >= 0.3 is 0 Å². The molecule has 2 N–H and O–H groups in total. The molecule has 0 saturated carbocycles. The van der Waals surface area contributed by atoms with Crippen molar-refractivity contribution in [2.45, 2.75) is 44.7 Å². The van der Waals surface area contributed by atoms with Crippen molar-refractivity contribution in [2.75, 3.05) is 25.4 Å². The molecule has 2 saturated heterocycles. The largest absolute Gasteiger partial charge is 0.382 e. The number of carbonyl (C=O) groups excluding carboxylic acids is 1. The highest BCUT2D eigenvalue weighted by molar-refractivity contribution is 9.10. The lowest BCUT2D eigenvalue weighted by Gasteiger charge is -2.46. The third-order valence-corrected chi connectivity index (χ3v) is 6.03. The van der Waals surface area contributed by atoms with Crippen LogP contribution < -0.4 is 5.73 Å². The summed E-state index contributed by atoms with van der Waals surface area (Å²) in [5.41, 5.74) is 6.80. The Bertz CT molecular complexity index is 819. The minimum absolute atomic E-state index is 0.214. The van der Waals surface area contributed by atoms with E-state index in [1.54, 1.807) is 6.20 Å². The molecule has 25 heavy (non-hydrogen) atoms. The van der Waals surface area contributed by atoms with Crippen molar-refractivity contribution < 1.29 is 4.79 Å². The Balaban J connectivity index is 1.61. The molecule has 134 valence electrons. The number of nitrogens with two attached hydrogens (primary N) is 1. The molecule has 2 aromatic rings. The molecule has 0 spiro atoms. The van der Waals surface area contributed by atoms with Crippen LogP contribution in [0, 0.1) is 0 Å². The van der Waals surface area contributed by atoms with E-state index in [4.69, 9.17) is 10.7 Å². The number of piperazine rings is 1. The lowest BCUT2D eigenvalue weighted by Crippen LogP contribution is -2.60. The van der Waals surface area contributed by atoms with Gasteiger partial charge in [-0.2, -0.15) is 0 Å². The Hall–Kier alpha value is -1.67. The standard InChI is InChI=1S/C17H23BrN6O/c1-10(2)22-8-12-4-3-11(7-24(12)13(25)9-22)17-21-15(18)14-16(19)20-5-6-23(14)17/h5-6,10-12H,3-4,7-9H2,1-2H3,(H2,19,20)/t11-,12-/m1/s1. The Kier molecular flexibility index (Phi) is 4.19. The Morgan fingerprint density at radius 3 is 2.88 bits per heavy atom. The highest BCUT2D eigenvalue weighted by atomic mass is 79.9. The van der Waals surface area contributed by atoms with E-state index in [0.29, 0.717) is 29.0 Å². The molecule has 2 fully saturated rings. The molecule has 7 nitrogen and oxygen atoms in total. The lowest BCUT2D eigenvalue weighted by atomic mass is 9.90. The van der Waals surface area contributed by atoms with Gasteiger partial charge < -0.3 is 10.6 Å². The number of carbonyl (C=O) groups is 1. The Labute approximate surface area is 155 Å². The monoisotopic (exact) mass is 406 g/mol. The van der Waals surface area contributed by atoms with Gasteiger partial charge in [-0.05, 0) is 42.6 Å². The van der Waals surface area contributed by atoms with Crippen LogP contribution in [-0.4, -0.2) is 61.8 Å². The predicted octanol–water partition coefficient (Wildman–Crippen LogP) is 1.87. The molecular weight excluding hydrogens is 384 g/mol. The average Bonchev–Trinajstić information content (AvgIpc) is 2.92. The third kappa shape index (κ3) is 2.81. The molecule has 1 amide bonds. The minimum atomic E-state index is 0.214. The van der Waals surface area contributed by atoms with E-state index < -0.39 is 0 Å². The zero-order valence-electron chi connectivity index (χ0n) is 14.5. The van der Waals surface area contributed by atoms with E-state index in [-0.39, 0.29) is 11.8 Å². The number of hydrogen-bond donors (Lipinski definition) is 1. The second-order valence-corrected chi connectivity index (χ2v) is 8.04. The minimum Gasteiger partial charge on any atom is -0.382 e. The van der Waals surface area contributed by atoms with Crippen LogP contribution in [-0.2, 0) is 4.79 Å². The predicted molar refractivity (Wildman–Crippen MR) is 99.3 cm³/mol. The lowest BCUT2D eigenvalue weighted by molar-refractivity contribution is -0.143. The Morgan fingerprint density at radius 2 is 2.12 bits per heavy atom. The van der Waals surface area contributed by atoms with Crippen LogP contribution >= 0.6 is 15.9 Å². The van der Waals surface area contributed by atoms with E-state index in [1.165, 1.54) is 0 Å². The van der Waals surface area contributed by atoms with Gasteiger partial charge in [0.1, 0.15) is 15.9 Å². The van der Waals surface area contributed by atoms with E-state index in [9.17, 15) is 4.79 Å². The number of halogens is 1. The van der Waals surface area contributed by atoms with Gasteiger partial charge in [-0.15, -0.1) is 0 Å². The van der Waals surface area contributed by atoms with Gasteiger partial charge in [-0.3, -0.25) is 14.1 Å². The van der Waals surface area contributed by atoms with Gasteiger partial charge in [0.2, 0.25) is 5.91 Å². The van der Waals surface area contributed by atoms with Gasteiger partial charge in [0.25, 0.3) is 0 Å². The molecule has 2 aliphatic heterocycles. The van der Waals surface area contributed by atoms with Crippen molar-refractivity contribution in [3.63, 3.8) is 0 Å². The average molecular weight is 407 g/mol. The maximum absolute atomic E-state index is 12.7. The van der Waals surface area contributed by atoms with Crippen molar-refractivity contribution in [3.8, 4) is 0 Å². The molecule has 4 heterocycles. The van der Waals surface area contributed by atoms with Gasteiger partial charge in [0, 0.05) is 43.5 Å². The molecule has 8 heteroatoms. The number of nitrogens with zero attached hydrogens (tertiary/aromatic N) is 5. The number of fused-ring (bicyclic) bond motifs is 2. The molecular formula is C17H23BrN6O. The summed E-state index contributed by atoms with van der Waals surface area (Å²) in [5, 5.41) is 0. The highest BCUT2D eigenvalue weighted by Crippen LogP contribution is 2.34. The number of hydrogen-bond acceptors (Lipinski definition) is 5. The number of amides is 1. The van der Waals surface area contributed by atoms with Gasteiger partial charge in [-0.25, -0.2) is 9.97 Å². The summed E-state index contributed by atoms with van der Waals surface area (Å²) < 4.78 is 2.72. The number of piperidine rings is 1. The fraction of sp³-hybridized carbons (Fsp3) is 0.588. The zero-order valence-corrected chi connectivity index (χ0v) is 16.1. The van der Waals surface area contributed by atoms with E-state index in [0.717, 1.165) is 37.3 Å². The Morgan fingerprint density at radius 1 is 1.32 bits per heavy atom. The first-order valence-electron chi connectivity index (χ1n) is 8.77. The van der Waals surface area contributed by atoms with E-state index in [2.05, 4.69) is 44.6 Å². The summed E-state index contributed by atoms with van der Waals surface area (Å²) >= 11 is 3.50. The molecule has 0 unspecified atom stereocenters. The number of rotatable bonds is 2. The van der Waals surface area contributed by atoms with Gasteiger partial charge in [-0.1, -0.05) is 0 Å². The number of nitrogen functional groups attached to an aromatic ring is 1. The summed E-state index contributed by atoms with van der Waals surface area (Å²) in [4.78, 5) is 25.8. The molecule has 0 aliphatic carbocycles. The SMILES string of the molecule is CC(C)N1CC(=O)N2C[C@H](c3nc(Br)c4c(N)nccn34)CC[C@@H]2C1. The second-order valence-electron chi connectivity index (χ2n) is 7.29. The first-order chi connectivity index (χ1) is 12.0. The van der Waals surface area contributed by atoms with E-state index in [1.807, 2.05) is 10.6 Å². The summed E-state index contributed by atoms with van der Waals surface area (Å²) in [6.07, 6.45) is 5.61. The number of anilines is 1. The van der Waals surface area contributed by atoms with Crippen LogP contribution in [0.5, 0.6) is 0 Å². The smallest absolute Gasteiger partial charge is 0.237 e. The van der Waals surface area contributed by atoms with Crippen LogP contribution in [0.25, 0.3) is 5.52 Å². The molecule has 4 rings (SSSR count). The van der Waals surface area contributed by atoms with Crippen molar-refractivity contribution in [1.82, 2.24) is 24.2 Å². The number of imidazole rings is 1. The van der Waals surface area contributed by atoms with Crippen LogP contribution in [0.15, 0.2) is 17.0 Å². The molecule has 0 aromatic carbocycles. The topological polar surface area (TPSA) is 79.8 Å². The van der Waals surface area contributed by atoms with Crippen molar-refractivity contribution in [2.24, 2.45) is 0 Å². The first-order valence-corrected chi connectivity index (χ1v) is 9.56. The van der Waals surface area contributed by atoms with Crippen molar-refractivity contribution in [3.05, 3.63) is 22.8 Å². The van der Waals surface area contributed by atoms with Crippen LogP contribution in [0.1, 0.15) is 38.4 Å². The quantitative estimate of drug-likeness (QED) is 0.823. The van der Waals surface area contributed by atoms with E-state index >= 15 is 0 Å². The van der Waals surface area contributed by atoms with Gasteiger partial charge in [0.05, 0.1) is 6.54 Å². The summed E-state index contributed by atoms with van der Waals surface area (Å²) in [5.74, 6) is 1.86. The van der Waals surface area contributed by atoms with Crippen LogP contribution in [0.2, 0.25) is 0 Å². The van der Waals surface area contributed by atoms with Crippen molar-refractivity contribution in [1.29, 1.82) is 0 Å². The molecule has 0 radical (unpaired) electrons. The fourth-order valence-corrected chi connectivity index (χ4v) is 4.63. The molecule has 2 aromatic heterocycles. The normalized spacial score (nSPS) is 25.0. The summed E-state index contributed by atoms with van der Waals surface area (Å²) in [6, 6.07) is 0.729. The van der Waals surface area contributed by atoms with Crippen molar-refractivity contribution >= 4 is 33.2 Å². The second kappa shape index (κ2) is 6.25. The maximum Gasteiger partial charge on any atom is 0.237 e. The first kappa shape index (κ1) is 16.8. The molecule has 2 atom stereocenters. The fourth-order valence-electron chi connectivity index (χ4n) is 4.06. The van der Waals surface area contributed by atoms with Crippen LogP contribution in [0.4, 0.5) is 5.82 Å². The summed E-state index contributed by atoms with van der Waals surface area (Å²) in [7, 11) is 0. The molecule has 2 aliphatic rings. The summed E-state index contributed by atoms with van der Waals surface area (Å²) in [6.45, 7) is 6.52. The highest BCUT2D eigenvalue weighted by Gasteiger charge is 2.39. The van der Waals surface area contributed by atoms with Crippen LogP contribution in [0.3, 0.4) is 0 Å². The maximum atomic E-state index is 12.7. The third-order valence-electron chi connectivity index (χ3n) is 5.47. The zero-order chi connectivity index (χ0) is 17.7. The van der Waals surface area contributed by atoms with Gasteiger partial charge in [0.15, 0.2) is 5.82 Å².